The molecule has 0 saturated carbocycles. The molecule has 1 N–H and O–H groups in total. The number of ether oxygens (including phenoxy) is 1. The Morgan fingerprint density at radius 3 is 1.72 bits per heavy atom. The van der Waals surface area contributed by atoms with Crippen LogP contribution in [0.3, 0.4) is 0 Å². The SMILES string of the molecule is C=Cc1ccc(COc2ccc([N+]3(c4ccc(O)cc4)c4ccccc4-c4ccccc43)cc2)cc1. The summed E-state index contributed by atoms with van der Waals surface area (Å²) in [6, 6.07) is 41.2. The minimum Gasteiger partial charge on any atom is -0.508 e. The molecule has 0 bridgehead atoms. The third-order valence-corrected chi connectivity index (χ3v) is 6.90. The molecule has 36 heavy (non-hydrogen) atoms. The second kappa shape index (κ2) is 8.88. The third-order valence-electron chi connectivity index (χ3n) is 6.90. The Hall–Kier alpha value is -4.60. The molecule has 0 aromatic heterocycles. The molecule has 0 atom stereocenters. The summed E-state index contributed by atoms with van der Waals surface area (Å²) >= 11 is 0. The average Bonchev–Trinajstić information content (AvgIpc) is 3.24. The molecular weight excluding hydrogens is 442 g/mol. The Balaban J connectivity index is 1.43. The first kappa shape index (κ1) is 21.9. The van der Waals surface area contributed by atoms with E-state index in [0.29, 0.717) is 11.1 Å². The molecule has 5 aromatic rings. The van der Waals surface area contributed by atoms with Crippen molar-refractivity contribution < 1.29 is 9.84 Å². The normalized spacial score (nSPS) is 13.0. The van der Waals surface area contributed by atoms with E-state index in [4.69, 9.17) is 4.74 Å². The Morgan fingerprint density at radius 1 is 0.639 bits per heavy atom. The molecule has 3 nitrogen and oxygen atoms in total. The maximum Gasteiger partial charge on any atom is 0.156 e. The molecule has 6 rings (SSSR count). The van der Waals surface area contributed by atoms with Gasteiger partial charge in [-0.3, -0.25) is 0 Å². The summed E-state index contributed by atoms with van der Waals surface area (Å²) in [5, 5.41) is 10.0. The molecule has 0 radical (unpaired) electrons. The van der Waals surface area contributed by atoms with E-state index in [2.05, 4.69) is 79.4 Å². The van der Waals surface area contributed by atoms with Gasteiger partial charge in [0, 0.05) is 36.4 Å². The van der Waals surface area contributed by atoms with Crippen molar-refractivity contribution in [1.29, 1.82) is 0 Å². The van der Waals surface area contributed by atoms with Gasteiger partial charge in [0.2, 0.25) is 0 Å². The van der Waals surface area contributed by atoms with Gasteiger partial charge in [-0.15, -0.1) is 0 Å². The quantitative estimate of drug-likeness (QED) is 0.247. The lowest BCUT2D eigenvalue weighted by Gasteiger charge is -2.34. The number of quaternary nitrogens is 1. The highest BCUT2D eigenvalue weighted by atomic mass is 16.5. The number of phenolic OH excluding ortho intramolecular Hbond substituents is 1. The van der Waals surface area contributed by atoms with Crippen LogP contribution in [0.1, 0.15) is 11.1 Å². The molecule has 1 aliphatic rings. The molecule has 5 aromatic carbocycles. The van der Waals surface area contributed by atoms with Crippen molar-refractivity contribution in [1.82, 2.24) is 4.48 Å². The number of fused-ring (bicyclic) bond motifs is 3. The fraction of sp³-hybridized carbons (Fsp3) is 0.0303. The lowest BCUT2D eigenvalue weighted by molar-refractivity contribution is 0.306. The van der Waals surface area contributed by atoms with Crippen molar-refractivity contribution in [3.8, 4) is 22.6 Å². The standard InChI is InChI=1S/C33H25NO2/c1-2-24-11-13-25(14-12-24)23-36-29-21-17-27(18-22-29)34(26-15-19-28(35)20-16-26)32-9-5-3-7-30(32)31-8-4-6-10-33(31)34/h2-22H,1,23H2/p+1. The van der Waals surface area contributed by atoms with Gasteiger partial charge < -0.3 is 9.84 Å². The van der Waals surface area contributed by atoms with Crippen molar-refractivity contribution >= 4 is 28.8 Å². The molecule has 0 unspecified atom stereocenters. The summed E-state index contributed by atoms with van der Waals surface area (Å²) in [6.07, 6.45) is 1.84. The van der Waals surface area contributed by atoms with Gasteiger partial charge in [0.1, 0.15) is 29.5 Å². The highest BCUT2D eigenvalue weighted by Crippen LogP contribution is 2.62. The Kier molecular flexibility index (Phi) is 5.40. The minimum absolute atomic E-state index is 0.252. The number of benzene rings is 5. The molecular formula is C33H26NO2+. The zero-order valence-electron chi connectivity index (χ0n) is 19.8. The van der Waals surface area contributed by atoms with Gasteiger partial charge in [-0.1, -0.05) is 61.2 Å². The summed E-state index contributed by atoms with van der Waals surface area (Å²) in [5.74, 6) is 1.07. The van der Waals surface area contributed by atoms with E-state index in [1.807, 2.05) is 42.5 Å². The van der Waals surface area contributed by atoms with Gasteiger partial charge in [0.15, 0.2) is 11.4 Å². The van der Waals surface area contributed by atoms with Gasteiger partial charge in [-0.25, -0.2) is 0 Å². The van der Waals surface area contributed by atoms with E-state index in [9.17, 15) is 5.11 Å². The van der Waals surface area contributed by atoms with Crippen molar-refractivity contribution in [2.24, 2.45) is 0 Å². The number of hydrogen-bond donors (Lipinski definition) is 1. The van der Waals surface area contributed by atoms with Crippen LogP contribution in [0.15, 0.2) is 128 Å². The largest absolute Gasteiger partial charge is 0.508 e. The minimum atomic E-state index is 0.252. The van der Waals surface area contributed by atoms with Crippen LogP contribution >= 0.6 is 0 Å². The van der Waals surface area contributed by atoms with E-state index in [1.54, 1.807) is 12.1 Å². The van der Waals surface area contributed by atoms with Crippen molar-refractivity contribution in [2.75, 3.05) is 0 Å². The number of para-hydroxylation sites is 2. The Morgan fingerprint density at radius 2 is 1.17 bits per heavy atom. The maximum atomic E-state index is 10.0. The lowest BCUT2D eigenvalue weighted by atomic mass is 10.1. The lowest BCUT2D eigenvalue weighted by Crippen LogP contribution is -2.31. The average molecular weight is 469 g/mol. The zero-order chi connectivity index (χ0) is 24.5. The summed E-state index contributed by atoms with van der Waals surface area (Å²) in [5.41, 5.74) is 9.15. The second-order valence-corrected chi connectivity index (χ2v) is 8.95. The van der Waals surface area contributed by atoms with Gasteiger partial charge in [-0.05, 0) is 47.5 Å². The van der Waals surface area contributed by atoms with Crippen LogP contribution in [-0.2, 0) is 6.61 Å². The first-order valence-electron chi connectivity index (χ1n) is 12.0. The highest BCUT2D eigenvalue weighted by molar-refractivity contribution is 6.02. The first-order valence-corrected chi connectivity index (χ1v) is 12.0. The van der Waals surface area contributed by atoms with Gasteiger partial charge in [0.25, 0.3) is 0 Å². The fourth-order valence-corrected chi connectivity index (χ4v) is 5.18. The van der Waals surface area contributed by atoms with Gasteiger partial charge in [0.05, 0.1) is 11.1 Å². The van der Waals surface area contributed by atoms with Crippen LogP contribution in [0, 0.1) is 0 Å². The van der Waals surface area contributed by atoms with Crippen LogP contribution < -0.4 is 9.22 Å². The number of aromatic hydroxyl groups is 1. The number of phenols is 1. The summed E-state index contributed by atoms with van der Waals surface area (Å²) in [4.78, 5) is 0. The fourth-order valence-electron chi connectivity index (χ4n) is 5.18. The molecule has 3 heteroatoms. The highest BCUT2D eigenvalue weighted by Gasteiger charge is 2.47. The maximum absolute atomic E-state index is 10.0. The van der Waals surface area contributed by atoms with E-state index in [-0.39, 0.29) is 5.75 Å². The number of rotatable bonds is 6. The topological polar surface area (TPSA) is 29.5 Å². The molecule has 174 valence electrons. The van der Waals surface area contributed by atoms with E-state index in [0.717, 1.165) is 28.3 Å². The monoisotopic (exact) mass is 468 g/mol. The molecule has 1 aliphatic heterocycles. The molecule has 0 aliphatic carbocycles. The van der Waals surface area contributed by atoms with Crippen LogP contribution in [0.5, 0.6) is 11.5 Å². The molecule has 1 heterocycles. The van der Waals surface area contributed by atoms with Crippen molar-refractivity contribution in [3.05, 3.63) is 139 Å². The molecule has 0 saturated heterocycles. The van der Waals surface area contributed by atoms with Crippen molar-refractivity contribution in [3.63, 3.8) is 0 Å². The predicted octanol–water partition coefficient (Wildman–Crippen LogP) is 8.90. The summed E-state index contributed by atoms with van der Waals surface area (Å²) < 4.78 is 6.55. The van der Waals surface area contributed by atoms with Crippen LogP contribution in [0.2, 0.25) is 0 Å². The van der Waals surface area contributed by atoms with E-state index < -0.39 is 0 Å². The van der Waals surface area contributed by atoms with Crippen LogP contribution in [0.25, 0.3) is 17.2 Å². The van der Waals surface area contributed by atoms with Gasteiger partial charge >= 0.3 is 0 Å². The number of nitrogens with zero attached hydrogens (tertiary/aromatic N) is 1. The summed E-state index contributed by atoms with van der Waals surface area (Å²) in [6.45, 7) is 4.31. The first-order chi connectivity index (χ1) is 17.7. The second-order valence-electron chi connectivity index (χ2n) is 8.95. The molecule has 0 amide bonds. The summed E-state index contributed by atoms with van der Waals surface area (Å²) in [7, 11) is 0. The van der Waals surface area contributed by atoms with E-state index in [1.165, 1.54) is 22.5 Å². The Bertz CT molecular complexity index is 1490. The zero-order valence-corrected chi connectivity index (χ0v) is 19.8. The van der Waals surface area contributed by atoms with Crippen molar-refractivity contribution in [2.45, 2.75) is 6.61 Å². The Labute approximate surface area is 211 Å². The molecule has 0 fully saturated rings. The smallest absolute Gasteiger partial charge is 0.156 e. The molecule has 0 spiro atoms. The van der Waals surface area contributed by atoms with Crippen LogP contribution in [0.4, 0.5) is 22.7 Å². The number of hydrogen-bond acceptors (Lipinski definition) is 2. The van der Waals surface area contributed by atoms with Crippen LogP contribution in [-0.4, -0.2) is 5.11 Å². The predicted molar refractivity (Wildman–Crippen MR) is 148 cm³/mol. The van der Waals surface area contributed by atoms with E-state index >= 15 is 0 Å². The van der Waals surface area contributed by atoms with Gasteiger partial charge in [-0.2, -0.15) is 4.48 Å². The third kappa shape index (κ3) is 3.49.